The first-order valence-electron chi connectivity index (χ1n) is 12.9. The van der Waals surface area contributed by atoms with Crippen molar-refractivity contribution in [2.45, 2.75) is 51.6 Å². The van der Waals surface area contributed by atoms with E-state index >= 15 is 0 Å². The van der Waals surface area contributed by atoms with Crippen molar-refractivity contribution in [3.05, 3.63) is 41.2 Å². The van der Waals surface area contributed by atoms with Crippen LogP contribution in [0.2, 0.25) is 0 Å². The quantitative estimate of drug-likeness (QED) is 0.612. The monoisotopic (exact) mass is 504 g/mol. The summed E-state index contributed by atoms with van der Waals surface area (Å²) in [5.74, 6) is 0.877. The van der Waals surface area contributed by atoms with Gasteiger partial charge in [0, 0.05) is 45.0 Å². The minimum Gasteiger partial charge on any atom is -0.383 e. The van der Waals surface area contributed by atoms with Gasteiger partial charge in [0.1, 0.15) is 24.0 Å². The molecule has 0 bridgehead atoms. The molecule has 1 aromatic heterocycles. The number of aromatic nitrogens is 2. The Labute approximate surface area is 218 Å². The molecule has 2 aliphatic rings. The van der Waals surface area contributed by atoms with Gasteiger partial charge in [-0.25, -0.2) is 9.97 Å². The van der Waals surface area contributed by atoms with Crippen LogP contribution >= 0.6 is 0 Å². The van der Waals surface area contributed by atoms with E-state index in [0.717, 1.165) is 35.5 Å². The van der Waals surface area contributed by atoms with E-state index in [1.54, 1.807) is 25.1 Å². The van der Waals surface area contributed by atoms with Gasteiger partial charge in [0.2, 0.25) is 11.8 Å². The van der Waals surface area contributed by atoms with Crippen LogP contribution in [0.1, 0.15) is 42.9 Å². The largest absolute Gasteiger partial charge is 0.383 e. The Balaban J connectivity index is 1.61. The zero-order chi connectivity index (χ0) is 26.7. The Hall–Kier alpha value is -3.87. The first-order valence-corrected chi connectivity index (χ1v) is 12.9. The number of hydrogen-bond donors (Lipinski definition) is 2. The average Bonchev–Trinajstić information content (AvgIpc) is 2.90. The molecule has 2 saturated heterocycles. The first-order chi connectivity index (χ1) is 17.7. The molecule has 2 fully saturated rings. The summed E-state index contributed by atoms with van der Waals surface area (Å²) in [6.07, 6.45) is 4.37. The van der Waals surface area contributed by atoms with E-state index in [4.69, 9.17) is 5.73 Å². The van der Waals surface area contributed by atoms with E-state index < -0.39 is 6.04 Å². The second-order valence-corrected chi connectivity index (χ2v) is 10.1. The van der Waals surface area contributed by atoms with Gasteiger partial charge < -0.3 is 25.8 Å². The number of carbonyl (C=O) groups is 2. The molecule has 2 amide bonds. The van der Waals surface area contributed by atoms with Gasteiger partial charge in [-0.1, -0.05) is 6.92 Å². The van der Waals surface area contributed by atoms with Gasteiger partial charge in [-0.05, 0) is 56.4 Å². The molecule has 0 saturated carbocycles. The van der Waals surface area contributed by atoms with Crippen LogP contribution in [0.3, 0.4) is 0 Å². The van der Waals surface area contributed by atoms with Gasteiger partial charge in [0.15, 0.2) is 0 Å². The van der Waals surface area contributed by atoms with Gasteiger partial charge >= 0.3 is 0 Å². The highest BCUT2D eigenvalue weighted by atomic mass is 16.2. The minimum atomic E-state index is -0.422. The number of aryl methyl sites for hydroxylation is 1. The summed E-state index contributed by atoms with van der Waals surface area (Å²) in [6.45, 7) is 5.66. The highest BCUT2D eigenvalue weighted by Crippen LogP contribution is 2.32. The lowest BCUT2D eigenvalue weighted by Gasteiger charge is -2.47. The van der Waals surface area contributed by atoms with Crippen molar-refractivity contribution >= 4 is 29.1 Å². The fraction of sp³-hybridized carbons (Fsp3) is 0.519. The number of rotatable bonds is 6. The third kappa shape index (κ3) is 5.45. The number of likely N-dealkylation sites (tertiary alicyclic amines) is 1. The predicted octanol–water partition coefficient (Wildman–Crippen LogP) is 2.19. The third-order valence-electron chi connectivity index (χ3n) is 7.48. The molecular weight excluding hydrogens is 468 g/mol. The van der Waals surface area contributed by atoms with Crippen molar-refractivity contribution in [1.82, 2.24) is 19.8 Å². The number of benzene rings is 1. The number of nitrogens with zero attached hydrogens (tertiary/aromatic N) is 6. The van der Waals surface area contributed by atoms with Crippen LogP contribution in [0.15, 0.2) is 24.5 Å². The summed E-state index contributed by atoms with van der Waals surface area (Å²) in [5.41, 5.74) is 9.23. The zero-order valence-corrected chi connectivity index (χ0v) is 22.1. The molecule has 3 atom stereocenters. The van der Waals surface area contributed by atoms with Crippen LogP contribution in [-0.4, -0.2) is 77.4 Å². The van der Waals surface area contributed by atoms with Crippen LogP contribution in [0.4, 0.5) is 17.3 Å². The van der Waals surface area contributed by atoms with E-state index in [-0.39, 0.29) is 23.8 Å². The molecule has 37 heavy (non-hydrogen) atoms. The Morgan fingerprint density at radius 1 is 1.24 bits per heavy atom. The summed E-state index contributed by atoms with van der Waals surface area (Å²) >= 11 is 0. The fourth-order valence-corrected chi connectivity index (χ4v) is 5.44. The van der Waals surface area contributed by atoms with Crippen molar-refractivity contribution < 1.29 is 9.59 Å². The number of nitrogens with one attached hydrogen (secondary N) is 1. The highest BCUT2D eigenvalue weighted by molar-refractivity contribution is 5.87. The molecule has 0 spiro atoms. The molecule has 3 heterocycles. The molecule has 196 valence electrons. The normalized spacial score (nSPS) is 21.9. The average molecular weight is 505 g/mol. The van der Waals surface area contributed by atoms with Gasteiger partial charge in [-0.15, -0.1) is 0 Å². The number of piperidine rings is 2. The third-order valence-corrected chi connectivity index (χ3v) is 7.48. The number of hydrogen-bond acceptors (Lipinski definition) is 8. The Bertz CT molecular complexity index is 1210. The van der Waals surface area contributed by atoms with Crippen LogP contribution in [-0.2, 0) is 16.0 Å². The Morgan fingerprint density at radius 3 is 2.73 bits per heavy atom. The van der Waals surface area contributed by atoms with E-state index in [1.165, 1.54) is 6.33 Å². The smallest absolute Gasteiger partial charge is 0.245 e. The standard InChI is InChI=1S/C27H36N8O2/c1-5-18-11-19(14-28)13-20(12-18)32-22-7-6-9-35(27(22)37)23-15-34(10-8-21(23)26(36)33(3)4)25-17(2)24(29)30-16-31-25/h11-13,16,21-23,32H,5-10,15H2,1-4H3,(H2,29,30,31)/t21-,22-,23-/m0/s1. The number of nitriles is 1. The van der Waals surface area contributed by atoms with Crippen molar-refractivity contribution in [2.75, 3.05) is 49.7 Å². The first kappa shape index (κ1) is 26.2. The number of nitrogens with two attached hydrogens (primary N) is 1. The fourth-order valence-electron chi connectivity index (χ4n) is 5.44. The van der Waals surface area contributed by atoms with Gasteiger partial charge in [0.25, 0.3) is 0 Å². The summed E-state index contributed by atoms with van der Waals surface area (Å²) in [6, 6.07) is 7.14. The van der Waals surface area contributed by atoms with Crippen molar-refractivity contribution in [2.24, 2.45) is 5.92 Å². The molecule has 3 N–H and O–H groups in total. The van der Waals surface area contributed by atoms with Crippen LogP contribution in [0.25, 0.3) is 0 Å². The van der Waals surface area contributed by atoms with E-state index in [1.807, 2.05) is 30.9 Å². The molecule has 10 nitrogen and oxygen atoms in total. The Morgan fingerprint density at radius 2 is 2.03 bits per heavy atom. The van der Waals surface area contributed by atoms with E-state index in [0.29, 0.717) is 43.9 Å². The summed E-state index contributed by atoms with van der Waals surface area (Å²) in [5, 5.41) is 12.8. The second kappa shape index (κ2) is 11.0. The van der Waals surface area contributed by atoms with E-state index in [2.05, 4.69) is 26.3 Å². The van der Waals surface area contributed by atoms with Crippen molar-refractivity contribution in [3.8, 4) is 6.07 Å². The lowest BCUT2D eigenvalue weighted by molar-refractivity contribution is -0.143. The maximum Gasteiger partial charge on any atom is 0.245 e. The molecule has 0 radical (unpaired) electrons. The second-order valence-electron chi connectivity index (χ2n) is 10.1. The Kier molecular flexibility index (Phi) is 7.81. The van der Waals surface area contributed by atoms with Gasteiger partial charge in [-0.3, -0.25) is 9.59 Å². The van der Waals surface area contributed by atoms with Crippen LogP contribution < -0.4 is 16.0 Å². The number of amides is 2. The van der Waals surface area contributed by atoms with Gasteiger partial charge in [0.05, 0.1) is 23.6 Å². The number of carbonyl (C=O) groups excluding carboxylic acids is 2. The molecule has 2 aliphatic heterocycles. The van der Waals surface area contributed by atoms with E-state index in [9.17, 15) is 14.9 Å². The lowest BCUT2D eigenvalue weighted by atomic mass is 9.87. The molecule has 0 unspecified atom stereocenters. The lowest BCUT2D eigenvalue weighted by Crippen LogP contribution is -2.61. The molecule has 0 aliphatic carbocycles. The zero-order valence-electron chi connectivity index (χ0n) is 22.1. The van der Waals surface area contributed by atoms with Crippen LogP contribution in [0.5, 0.6) is 0 Å². The minimum absolute atomic E-state index is 0.0195. The number of nitrogen functional groups attached to an aromatic ring is 1. The van der Waals surface area contributed by atoms with Crippen molar-refractivity contribution in [3.63, 3.8) is 0 Å². The summed E-state index contributed by atoms with van der Waals surface area (Å²) < 4.78 is 0. The predicted molar refractivity (Wildman–Crippen MR) is 143 cm³/mol. The SMILES string of the molecule is CCc1cc(C#N)cc(N[C@H]2CCCN([C@H]3CN(c4ncnc(N)c4C)CC[C@@H]3C(=O)N(C)C)C2=O)c1. The number of anilines is 3. The molecular formula is C27H36N8O2. The highest BCUT2D eigenvalue weighted by Gasteiger charge is 2.43. The topological polar surface area (TPSA) is 131 Å². The van der Waals surface area contributed by atoms with Crippen molar-refractivity contribution in [1.29, 1.82) is 5.26 Å². The molecule has 1 aromatic carbocycles. The maximum atomic E-state index is 13.8. The molecule has 4 rings (SSSR count). The molecule has 10 heteroatoms. The van der Waals surface area contributed by atoms with Gasteiger partial charge in [-0.2, -0.15) is 5.26 Å². The summed E-state index contributed by atoms with van der Waals surface area (Å²) in [4.78, 5) is 41.2. The maximum absolute atomic E-state index is 13.8. The van der Waals surface area contributed by atoms with Crippen LogP contribution in [0, 0.1) is 24.2 Å². The molecule has 2 aromatic rings. The summed E-state index contributed by atoms with van der Waals surface area (Å²) in [7, 11) is 3.52.